The van der Waals surface area contributed by atoms with Gasteiger partial charge in [0.15, 0.2) is 11.0 Å². The van der Waals surface area contributed by atoms with E-state index in [2.05, 4.69) is 15.3 Å². The maximum Gasteiger partial charge on any atom is 0.323 e. The highest BCUT2D eigenvalue weighted by Crippen LogP contribution is 2.30. The summed E-state index contributed by atoms with van der Waals surface area (Å²) in [5.74, 6) is -3.04. The number of methoxy groups -OCH3 is 1. The molecule has 0 bridgehead atoms. The minimum absolute atomic E-state index is 0.0855. The number of nitrogens with zero attached hydrogens (tertiary/aromatic N) is 3. The molecule has 14 heteroatoms. The third-order valence-electron chi connectivity index (χ3n) is 5.21. The molecular formula is C19H22ClN5O7S. The minimum Gasteiger partial charge on any atom is -0.480 e. The molecular weight excluding hydrogens is 478 g/mol. The van der Waals surface area contributed by atoms with Crippen LogP contribution in [-0.4, -0.2) is 92.7 Å². The number of imidazole rings is 1. The van der Waals surface area contributed by atoms with E-state index in [1.807, 2.05) is 6.92 Å². The van der Waals surface area contributed by atoms with Crippen molar-refractivity contribution in [2.45, 2.75) is 31.9 Å². The van der Waals surface area contributed by atoms with E-state index in [1.165, 1.54) is 12.0 Å². The van der Waals surface area contributed by atoms with Crippen LogP contribution in [-0.2, 0) is 25.5 Å². The van der Waals surface area contributed by atoms with Gasteiger partial charge in [-0.25, -0.2) is 4.98 Å². The fourth-order valence-corrected chi connectivity index (χ4v) is 4.53. The lowest BCUT2D eigenvalue weighted by molar-refractivity contribution is -0.140. The average Bonchev–Trinajstić information content (AvgIpc) is 3.28. The topological polar surface area (TPSA) is 162 Å². The highest BCUT2D eigenvalue weighted by atomic mass is 35.5. The molecule has 3 heterocycles. The highest BCUT2D eigenvalue weighted by Gasteiger charge is 2.38. The lowest BCUT2D eigenvalue weighted by atomic mass is 10.0. The number of carbonyl (C=O) groups excluding carboxylic acids is 4. The number of halogens is 1. The van der Waals surface area contributed by atoms with Crippen LogP contribution in [0, 0.1) is 0 Å². The molecule has 3 N–H and O–H groups in total. The SMILES string of the molecule is CCc1[nH]c(C(=O)N[C@@H]2CCN(C(=O)C=C3SC(=O)N(CC(=O)O)C3=O)C[C@@H]2OC)nc1Cl. The first-order valence-corrected chi connectivity index (χ1v) is 11.2. The minimum atomic E-state index is -1.33. The Labute approximate surface area is 197 Å². The molecule has 1 aromatic rings. The summed E-state index contributed by atoms with van der Waals surface area (Å²) in [6, 6.07) is -0.400. The number of carboxylic acid groups (broad SMARTS) is 1. The Bertz CT molecular complexity index is 1030. The second-order valence-corrected chi connectivity index (χ2v) is 8.65. The molecule has 3 rings (SSSR count). The monoisotopic (exact) mass is 499 g/mol. The van der Waals surface area contributed by atoms with E-state index in [9.17, 15) is 24.0 Å². The number of ether oxygens (including phenoxy) is 1. The largest absolute Gasteiger partial charge is 0.480 e. The van der Waals surface area contributed by atoms with Crippen LogP contribution in [0.25, 0.3) is 0 Å². The fourth-order valence-electron chi connectivity index (χ4n) is 3.46. The molecule has 33 heavy (non-hydrogen) atoms. The summed E-state index contributed by atoms with van der Waals surface area (Å²) < 4.78 is 5.45. The summed E-state index contributed by atoms with van der Waals surface area (Å²) in [5, 5.41) is 11.1. The quantitative estimate of drug-likeness (QED) is 0.457. The number of likely N-dealkylation sites (tertiary alicyclic amines) is 1. The van der Waals surface area contributed by atoms with E-state index in [-0.39, 0.29) is 29.0 Å². The first-order valence-electron chi connectivity index (χ1n) is 9.98. The number of hydrogen-bond acceptors (Lipinski definition) is 8. The molecule has 1 aromatic heterocycles. The number of amides is 4. The molecule has 2 aliphatic heterocycles. The van der Waals surface area contributed by atoms with E-state index in [1.54, 1.807) is 0 Å². The Hall–Kier alpha value is -2.90. The van der Waals surface area contributed by atoms with Crippen molar-refractivity contribution >= 4 is 52.3 Å². The van der Waals surface area contributed by atoms with Crippen LogP contribution in [0.2, 0.25) is 5.15 Å². The van der Waals surface area contributed by atoms with E-state index in [0.717, 1.165) is 6.08 Å². The van der Waals surface area contributed by atoms with Gasteiger partial charge < -0.3 is 25.0 Å². The van der Waals surface area contributed by atoms with Crippen molar-refractivity contribution in [3.05, 3.63) is 27.7 Å². The van der Waals surface area contributed by atoms with Gasteiger partial charge in [0.25, 0.3) is 17.1 Å². The zero-order valence-corrected chi connectivity index (χ0v) is 19.4. The first-order chi connectivity index (χ1) is 15.6. The van der Waals surface area contributed by atoms with Gasteiger partial charge in [-0.1, -0.05) is 18.5 Å². The number of imide groups is 1. The number of hydrogen-bond donors (Lipinski definition) is 3. The number of nitrogens with one attached hydrogen (secondary N) is 2. The van der Waals surface area contributed by atoms with Crippen LogP contribution < -0.4 is 5.32 Å². The van der Waals surface area contributed by atoms with Gasteiger partial charge in [0, 0.05) is 26.3 Å². The zero-order chi connectivity index (χ0) is 24.3. The van der Waals surface area contributed by atoms with Gasteiger partial charge in [-0.3, -0.25) is 28.9 Å². The second kappa shape index (κ2) is 10.4. The van der Waals surface area contributed by atoms with Gasteiger partial charge in [-0.2, -0.15) is 0 Å². The molecule has 0 saturated carbocycles. The standard InChI is InChI=1S/C19H22ClN5O7S/c1-3-9-15(20)23-16(21-9)17(29)22-10-4-5-24(7-11(10)32-2)13(26)6-12-18(30)25(8-14(27)28)19(31)33-12/h6,10-11H,3-5,7-8H2,1-2H3,(H,21,23)(H,22,29)(H,27,28)/t10-,11+/m1/s1. The number of thioether (sulfide) groups is 1. The molecule has 178 valence electrons. The summed E-state index contributed by atoms with van der Waals surface area (Å²) >= 11 is 6.50. The number of rotatable bonds is 7. The fraction of sp³-hybridized carbons (Fsp3) is 0.474. The molecule has 2 aliphatic rings. The molecule has 12 nitrogen and oxygen atoms in total. The zero-order valence-electron chi connectivity index (χ0n) is 17.8. The van der Waals surface area contributed by atoms with Gasteiger partial charge in [-0.05, 0) is 24.6 Å². The first kappa shape index (κ1) is 24.7. The Kier molecular flexibility index (Phi) is 7.76. The Balaban J connectivity index is 1.63. The van der Waals surface area contributed by atoms with Crippen molar-refractivity contribution in [1.29, 1.82) is 0 Å². The number of carbonyl (C=O) groups is 5. The molecule has 2 fully saturated rings. The summed E-state index contributed by atoms with van der Waals surface area (Å²) in [6.07, 6.45) is 1.46. The number of carboxylic acids is 1. The van der Waals surface area contributed by atoms with E-state index < -0.39 is 47.6 Å². The molecule has 0 aliphatic carbocycles. The Morgan fingerprint density at radius 3 is 2.73 bits per heavy atom. The van der Waals surface area contributed by atoms with Crippen molar-refractivity contribution in [3.8, 4) is 0 Å². The molecule has 0 radical (unpaired) electrons. The van der Waals surface area contributed by atoms with Crippen molar-refractivity contribution in [3.63, 3.8) is 0 Å². The third-order valence-corrected chi connectivity index (χ3v) is 6.43. The maximum atomic E-state index is 12.7. The second-order valence-electron chi connectivity index (χ2n) is 7.30. The molecule has 0 spiro atoms. The van der Waals surface area contributed by atoms with E-state index in [0.29, 0.717) is 35.2 Å². The predicted molar refractivity (Wildman–Crippen MR) is 117 cm³/mol. The van der Waals surface area contributed by atoms with Gasteiger partial charge in [0.05, 0.1) is 22.7 Å². The number of aryl methyl sites for hydroxylation is 1. The van der Waals surface area contributed by atoms with Crippen molar-refractivity contribution in [1.82, 2.24) is 25.1 Å². The van der Waals surface area contributed by atoms with Crippen molar-refractivity contribution in [2.24, 2.45) is 0 Å². The summed E-state index contributed by atoms with van der Waals surface area (Å²) in [6.45, 7) is 1.50. The molecule has 4 amide bonds. The van der Waals surface area contributed by atoms with Gasteiger partial charge in [0.2, 0.25) is 5.91 Å². The van der Waals surface area contributed by atoms with Gasteiger partial charge in [-0.15, -0.1) is 0 Å². The van der Waals surface area contributed by atoms with E-state index in [4.69, 9.17) is 21.4 Å². The van der Waals surface area contributed by atoms with Crippen molar-refractivity contribution < 1.29 is 33.8 Å². The van der Waals surface area contributed by atoms with Crippen LogP contribution in [0.4, 0.5) is 4.79 Å². The summed E-state index contributed by atoms with van der Waals surface area (Å²) in [4.78, 5) is 68.9. The van der Waals surface area contributed by atoms with Gasteiger partial charge >= 0.3 is 5.97 Å². The maximum absolute atomic E-state index is 12.7. The number of piperidine rings is 1. The van der Waals surface area contributed by atoms with E-state index >= 15 is 0 Å². The lowest BCUT2D eigenvalue weighted by Crippen LogP contribution is -2.56. The van der Waals surface area contributed by atoms with Gasteiger partial charge in [0.1, 0.15) is 6.54 Å². The number of aromatic nitrogens is 2. The third kappa shape index (κ3) is 5.54. The van der Waals surface area contributed by atoms with Crippen LogP contribution in [0.1, 0.15) is 29.7 Å². The average molecular weight is 500 g/mol. The Morgan fingerprint density at radius 1 is 1.39 bits per heavy atom. The molecule has 2 saturated heterocycles. The number of aliphatic carboxylic acids is 1. The van der Waals surface area contributed by atoms with Crippen LogP contribution in [0.5, 0.6) is 0 Å². The smallest absolute Gasteiger partial charge is 0.323 e. The molecule has 0 aromatic carbocycles. The molecule has 2 atom stereocenters. The van der Waals surface area contributed by atoms with Crippen LogP contribution in [0.15, 0.2) is 11.0 Å². The molecule has 0 unspecified atom stereocenters. The van der Waals surface area contributed by atoms with Crippen LogP contribution in [0.3, 0.4) is 0 Å². The highest BCUT2D eigenvalue weighted by molar-refractivity contribution is 8.18. The predicted octanol–water partition coefficient (Wildman–Crippen LogP) is 0.635. The van der Waals surface area contributed by atoms with Crippen molar-refractivity contribution in [2.75, 3.05) is 26.7 Å². The normalized spacial score (nSPS) is 22.2. The number of aromatic amines is 1. The summed E-state index contributed by atoms with van der Waals surface area (Å²) in [5.41, 5.74) is 0.651. The lowest BCUT2D eigenvalue weighted by Gasteiger charge is -2.37. The van der Waals surface area contributed by atoms with Crippen LogP contribution >= 0.6 is 23.4 Å². The Morgan fingerprint density at radius 2 is 2.12 bits per heavy atom. The number of H-pyrrole nitrogens is 1. The summed E-state index contributed by atoms with van der Waals surface area (Å²) in [7, 11) is 1.45.